The highest BCUT2D eigenvalue weighted by Crippen LogP contribution is 2.32. The van der Waals surface area contributed by atoms with Crippen LogP contribution in [-0.4, -0.2) is 41.7 Å². The van der Waals surface area contributed by atoms with Gasteiger partial charge in [-0.1, -0.05) is 41.7 Å². The third-order valence-electron chi connectivity index (χ3n) is 4.00. The van der Waals surface area contributed by atoms with Gasteiger partial charge in [0.05, 0.1) is 17.2 Å². The molecule has 1 saturated heterocycles. The van der Waals surface area contributed by atoms with Gasteiger partial charge in [0.1, 0.15) is 0 Å². The molecule has 0 bridgehead atoms. The molecule has 1 aromatic carbocycles. The standard InChI is InChI=1S/C17H21N3O2S/c1-12-8-10-22-11-9-20(12)17(21)19-16-18-13(2)15(23-16)14-6-4-3-5-7-14/h3-7,12H,8-11H2,1-2H3,(H,18,19,21). The molecule has 0 aliphatic carbocycles. The van der Waals surface area contributed by atoms with E-state index >= 15 is 0 Å². The van der Waals surface area contributed by atoms with Crippen LogP contribution in [0.1, 0.15) is 19.0 Å². The molecule has 23 heavy (non-hydrogen) atoms. The van der Waals surface area contributed by atoms with Crippen molar-refractivity contribution >= 4 is 22.5 Å². The molecule has 0 spiro atoms. The maximum absolute atomic E-state index is 12.5. The van der Waals surface area contributed by atoms with E-state index < -0.39 is 0 Å². The highest BCUT2D eigenvalue weighted by Gasteiger charge is 2.23. The molecule has 0 saturated carbocycles. The summed E-state index contributed by atoms with van der Waals surface area (Å²) in [5, 5.41) is 3.58. The monoisotopic (exact) mass is 331 g/mol. The quantitative estimate of drug-likeness (QED) is 0.911. The van der Waals surface area contributed by atoms with E-state index in [9.17, 15) is 4.79 Å². The third-order valence-corrected chi connectivity index (χ3v) is 5.12. The molecule has 2 heterocycles. The minimum Gasteiger partial charge on any atom is -0.380 e. The van der Waals surface area contributed by atoms with Gasteiger partial charge in [0.25, 0.3) is 0 Å². The predicted molar refractivity (Wildman–Crippen MR) is 92.9 cm³/mol. The van der Waals surface area contributed by atoms with E-state index in [1.165, 1.54) is 11.3 Å². The summed E-state index contributed by atoms with van der Waals surface area (Å²) >= 11 is 1.51. The van der Waals surface area contributed by atoms with Crippen LogP contribution >= 0.6 is 11.3 Å². The Morgan fingerprint density at radius 2 is 2.13 bits per heavy atom. The average Bonchev–Trinajstić information content (AvgIpc) is 2.77. The van der Waals surface area contributed by atoms with Crippen molar-refractivity contribution in [3.8, 4) is 10.4 Å². The average molecular weight is 331 g/mol. The molecular formula is C17H21N3O2S. The number of thiazole rings is 1. The molecule has 1 aliphatic rings. The maximum atomic E-state index is 12.5. The summed E-state index contributed by atoms with van der Waals surface area (Å²) in [5.74, 6) is 0. The van der Waals surface area contributed by atoms with Gasteiger partial charge in [0, 0.05) is 19.2 Å². The van der Waals surface area contributed by atoms with E-state index in [0.29, 0.717) is 24.9 Å². The van der Waals surface area contributed by atoms with Crippen LogP contribution in [0.2, 0.25) is 0 Å². The maximum Gasteiger partial charge on any atom is 0.323 e. The Hall–Kier alpha value is -1.92. The Balaban J connectivity index is 1.74. The third kappa shape index (κ3) is 3.71. The molecule has 1 aromatic heterocycles. The number of aromatic nitrogens is 1. The molecule has 1 N–H and O–H groups in total. The van der Waals surface area contributed by atoms with Gasteiger partial charge in [-0.15, -0.1) is 0 Å². The van der Waals surface area contributed by atoms with Gasteiger partial charge < -0.3 is 9.64 Å². The normalized spacial score (nSPS) is 18.5. The highest BCUT2D eigenvalue weighted by atomic mass is 32.1. The summed E-state index contributed by atoms with van der Waals surface area (Å²) in [6, 6.07) is 10.2. The summed E-state index contributed by atoms with van der Waals surface area (Å²) in [6.45, 7) is 5.93. The summed E-state index contributed by atoms with van der Waals surface area (Å²) < 4.78 is 5.44. The van der Waals surface area contributed by atoms with Crippen molar-refractivity contribution in [2.75, 3.05) is 25.1 Å². The molecule has 1 aliphatic heterocycles. The van der Waals surface area contributed by atoms with Crippen molar-refractivity contribution in [3.05, 3.63) is 36.0 Å². The molecule has 3 rings (SSSR count). The predicted octanol–water partition coefficient (Wildman–Crippen LogP) is 3.76. The first-order valence-electron chi connectivity index (χ1n) is 7.83. The topological polar surface area (TPSA) is 54.5 Å². The summed E-state index contributed by atoms with van der Waals surface area (Å²) in [5.41, 5.74) is 2.06. The van der Waals surface area contributed by atoms with Crippen molar-refractivity contribution in [3.63, 3.8) is 0 Å². The second kappa shape index (κ2) is 7.10. The minimum absolute atomic E-state index is 0.101. The Kier molecular flexibility index (Phi) is 4.93. The molecule has 122 valence electrons. The molecule has 1 fully saturated rings. The first-order chi connectivity index (χ1) is 11.1. The first-order valence-corrected chi connectivity index (χ1v) is 8.65. The zero-order chi connectivity index (χ0) is 16.2. The highest BCUT2D eigenvalue weighted by molar-refractivity contribution is 7.19. The molecule has 1 atom stereocenters. The molecular weight excluding hydrogens is 310 g/mol. The fourth-order valence-corrected chi connectivity index (χ4v) is 3.63. The second-order valence-corrected chi connectivity index (χ2v) is 6.67. The van der Waals surface area contributed by atoms with Crippen LogP contribution < -0.4 is 5.32 Å². The number of nitrogens with one attached hydrogen (secondary N) is 1. The zero-order valence-corrected chi connectivity index (χ0v) is 14.2. The van der Waals surface area contributed by atoms with Crippen LogP contribution in [0.25, 0.3) is 10.4 Å². The van der Waals surface area contributed by atoms with E-state index in [-0.39, 0.29) is 12.1 Å². The summed E-state index contributed by atoms with van der Waals surface area (Å²) in [4.78, 5) is 19.9. The van der Waals surface area contributed by atoms with Gasteiger partial charge in [-0.05, 0) is 25.8 Å². The van der Waals surface area contributed by atoms with E-state index in [1.807, 2.05) is 30.0 Å². The van der Waals surface area contributed by atoms with Crippen LogP contribution in [0.4, 0.5) is 9.93 Å². The van der Waals surface area contributed by atoms with Gasteiger partial charge in [-0.2, -0.15) is 0 Å². The number of hydrogen-bond donors (Lipinski definition) is 1. The minimum atomic E-state index is -0.101. The van der Waals surface area contributed by atoms with Crippen LogP contribution in [0, 0.1) is 6.92 Å². The van der Waals surface area contributed by atoms with Crippen molar-refractivity contribution in [2.45, 2.75) is 26.3 Å². The SMILES string of the molecule is Cc1nc(NC(=O)N2CCOCCC2C)sc1-c1ccccc1. The van der Waals surface area contributed by atoms with Gasteiger partial charge in [0.15, 0.2) is 5.13 Å². The van der Waals surface area contributed by atoms with Crippen LogP contribution in [-0.2, 0) is 4.74 Å². The van der Waals surface area contributed by atoms with Gasteiger partial charge in [-0.3, -0.25) is 5.32 Å². The lowest BCUT2D eigenvalue weighted by molar-refractivity contribution is 0.143. The number of amides is 2. The molecule has 5 nitrogen and oxygen atoms in total. The van der Waals surface area contributed by atoms with Crippen molar-refractivity contribution in [2.24, 2.45) is 0 Å². The number of aryl methyl sites for hydroxylation is 1. The van der Waals surface area contributed by atoms with E-state index in [0.717, 1.165) is 22.6 Å². The number of rotatable bonds is 2. The number of hydrogen-bond acceptors (Lipinski definition) is 4. The van der Waals surface area contributed by atoms with Gasteiger partial charge in [-0.25, -0.2) is 9.78 Å². The molecule has 0 radical (unpaired) electrons. The Morgan fingerprint density at radius 1 is 1.35 bits per heavy atom. The molecule has 6 heteroatoms. The number of urea groups is 1. The number of carbonyl (C=O) groups is 1. The van der Waals surface area contributed by atoms with Crippen molar-refractivity contribution < 1.29 is 9.53 Å². The Bertz CT molecular complexity index is 672. The number of anilines is 1. The van der Waals surface area contributed by atoms with Gasteiger partial charge in [0.2, 0.25) is 0 Å². The lowest BCUT2D eigenvalue weighted by Crippen LogP contribution is -2.42. The van der Waals surface area contributed by atoms with E-state index in [4.69, 9.17) is 4.74 Å². The number of benzene rings is 1. The fraction of sp³-hybridized carbons (Fsp3) is 0.412. The van der Waals surface area contributed by atoms with Gasteiger partial charge >= 0.3 is 6.03 Å². The van der Waals surface area contributed by atoms with Crippen LogP contribution in [0.3, 0.4) is 0 Å². The second-order valence-electron chi connectivity index (χ2n) is 5.67. The Labute approximate surface area is 140 Å². The van der Waals surface area contributed by atoms with Crippen molar-refractivity contribution in [1.82, 2.24) is 9.88 Å². The molecule has 2 amide bonds. The largest absolute Gasteiger partial charge is 0.380 e. The van der Waals surface area contributed by atoms with E-state index in [2.05, 4.69) is 29.4 Å². The molecule has 2 aromatic rings. The Morgan fingerprint density at radius 3 is 2.91 bits per heavy atom. The van der Waals surface area contributed by atoms with Crippen molar-refractivity contribution in [1.29, 1.82) is 0 Å². The summed E-state index contributed by atoms with van der Waals surface area (Å²) in [7, 11) is 0. The van der Waals surface area contributed by atoms with Crippen LogP contribution in [0.5, 0.6) is 0 Å². The number of nitrogens with zero attached hydrogens (tertiary/aromatic N) is 2. The number of carbonyl (C=O) groups excluding carboxylic acids is 1. The summed E-state index contributed by atoms with van der Waals surface area (Å²) in [6.07, 6.45) is 0.861. The number of ether oxygens (including phenoxy) is 1. The first kappa shape index (κ1) is 16.0. The van der Waals surface area contributed by atoms with E-state index in [1.54, 1.807) is 0 Å². The van der Waals surface area contributed by atoms with Crippen LogP contribution in [0.15, 0.2) is 30.3 Å². The zero-order valence-electron chi connectivity index (χ0n) is 13.4. The lowest BCUT2D eigenvalue weighted by atomic mass is 10.2. The lowest BCUT2D eigenvalue weighted by Gasteiger charge is -2.25. The smallest absolute Gasteiger partial charge is 0.323 e. The molecule has 1 unspecified atom stereocenters. The fourth-order valence-electron chi connectivity index (χ4n) is 2.67.